The number of hydrogen-bond donors (Lipinski definition) is 1. The average molecular weight is 225 g/mol. The molecule has 1 unspecified atom stereocenters. The van der Waals surface area contributed by atoms with E-state index in [0.29, 0.717) is 18.4 Å². The van der Waals surface area contributed by atoms with Crippen LogP contribution < -0.4 is 10.1 Å². The van der Waals surface area contributed by atoms with Crippen LogP contribution in [0.3, 0.4) is 0 Å². The van der Waals surface area contributed by atoms with Crippen molar-refractivity contribution in [2.24, 2.45) is 0 Å². The Morgan fingerprint density at radius 1 is 1.44 bits per heavy atom. The summed E-state index contributed by atoms with van der Waals surface area (Å²) in [6.45, 7) is 5.68. The fourth-order valence-electron chi connectivity index (χ4n) is 1.57. The van der Waals surface area contributed by atoms with E-state index >= 15 is 0 Å². The summed E-state index contributed by atoms with van der Waals surface area (Å²) in [5, 5.41) is 3.35. The van der Waals surface area contributed by atoms with Crippen LogP contribution in [0.5, 0.6) is 5.75 Å². The Balaban J connectivity index is 2.16. The normalized spacial score (nSPS) is 12.4. The summed E-state index contributed by atoms with van der Waals surface area (Å²) in [6.07, 6.45) is 2.35. The van der Waals surface area contributed by atoms with Crippen molar-refractivity contribution in [1.82, 2.24) is 5.32 Å². The third kappa shape index (κ3) is 5.12. The van der Waals surface area contributed by atoms with E-state index in [4.69, 9.17) is 4.74 Å². The Morgan fingerprint density at radius 2 is 2.25 bits per heavy atom. The molecule has 1 aromatic rings. The van der Waals surface area contributed by atoms with Gasteiger partial charge in [-0.3, -0.25) is 0 Å². The summed E-state index contributed by atoms with van der Waals surface area (Å²) < 4.78 is 18.2. The largest absolute Gasteiger partial charge is 0.492 e. The molecule has 90 valence electrons. The number of hydrogen-bond acceptors (Lipinski definition) is 2. The van der Waals surface area contributed by atoms with Crippen LogP contribution in [0.2, 0.25) is 0 Å². The minimum absolute atomic E-state index is 0.259. The lowest BCUT2D eigenvalue weighted by atomic mass is 10.2. The molecule has 0 aliphatic carbocycles. The van der Waals surface area contributed by atoms with Gasteiger partial charge in [0.25, 0.3) is 0 Å². The molecule has 0 spiro atoms. The van der Waals surface area contributed by atoms with E-state index in [-0.39, 0.29) is 5.82 Å². The first-order chi connectivity index (χ1) is 7.72. The zero-order valence-corrected chi connectivity index (χ0v) is 10.0. The zero-order chi connectivity index (χ0) is 11.8. The van der Waals surface area contributed by atoms with Gasteiger partial charge in [0, 0.05) is 18.7 Å². The summed E-state index contributed by atoms with van der Waals surface area (Å²) in [4.78, 5) is 0. The van der Waals surface area contributed by atoms with Crippen molar-refractivity contribution in [2.75, 3.05) is 13.2 Å². The van der Waals surface area contributed by atoms with Gasteiger partial charge in [0.15, 0.2) is 0 Å². The molecule has 1 rings (SSSR count). The van der Waals surface area contributed by atoms with Gasteiger partial charge in [-0.1, -0.05) is 19.4 Å². The van der Waals surface area contributed by atoms with Gasteiger partial charge in [-0.25, -0.2) is 4.39 Å². The first-order valence-electron chi connectivity index (χ1n) is 5.84. The van der Waals surface area contributed by atoms with Crippen molar-refractivity contribution in [3.05, 3.63) is 30.1 Å². The van der Waals surface area contributed by atoms with Crippen LogP contribution >= 0.6 is 0 Å². The van der Waals surface area contributed by atoms with Gasteiger partial charge < -0.3 is 10.1 Å². The van der Waals surface area contributed by atoms with Crippen molar-refractivity contribution in [3.63, 3.8) is 0 Å². The molecule has 16 heavy (non-hydrogen) atoms. The molecule has 1 N–H and O–H groups in total. The van der Waals surface area contributed by atoms with Gasteiger partial charge in [-0.05, 0) is 25.5 Å². The highest BCUT2D eigenvalue weighted by Crippen LogP contribution is 2.11. The van der Waals surface area contributed by atoms with Crippen LogP contribution in [0.1, 0.15) is 26.7 Å². The van der Waals surface area contributed by atoms with Crippen molar-refractivity contribution in [2.45, 2.75) is 32.7 Å². The van der Waals surface area contributed by atoms with Crippen LogP contribution in [0, 0.1) is 5.82 Å². The predicted octanol–water partition coefficient (Wildman–Crippen LogP) is 2.98. The molecule has 0 heterocycles. The van der Waals surface area contributed by atoms with E-state index in [1.54, 1.807) is 12.1 Å². The number of halogens is 1. The van der Waals surface area contributed by atoms with Crippen LogP contribution in [-0.4, -0.2) is 19.2 Å². The molecule has 0 saturated carbocycles. The van der Waals surface area contributed by atoms with E-state index < -0.39 is 0 Å². The Hall–Kier alpha value is -1.09. The van der Waals surface area contributed by atoms with Gasteiger partial charge in [-0.2, -0.15) is 0 Å². The fraction of sp³-hybridized carbons (Fsp3) is 0.538. The smallest absolute Gasteiger partial charge is 0.126 e. The number of ether oxygens (including phenoxy) is 1. The molecule has 0 radical (unpaired) electrons. The second-order valence-electron chi connectivity index (χ2n) is 3.95. The van der Waals surface area contributed by atoms with E-state index in [1.165, 1.54) is 25.0 Å². The minimum atomic E-state index is -0.259. The molecule has 0 saturated heterocycles. The summed E-state index contributed by atoms with van der Waals surface area (Å²) in [5.41, 5.74) is 0. The van der Waals surface area contributed by atoms with Crippen LogP contribution in [-0.2, 0) is 0 Å². The minimum Gasteiger partial charge on any atom is -0.492 e. The van der Waals surface area contributed by atoms with Crippen molar-refractivity contribution in [3.8, 4) is 5.75 Å². The summed E-state index contributed by atoms with van der Waals surface area (Å²) in [5.74, 6) is 0.328. The molecule has 1 aromatic carbocycles. The maximum absolute atomic E-state index is 12.8. The Labute approximate surface area is 96.8 Å². The topological polar surface area (TPSA) is 21.3 Å². The molecule has 2 nitrogen and oxygen atoms in total. The fourth-order valence-corrected chi connectivity index (χ4v) is 1.57. The van der Waals surface area contributed by atoms with E-state index in [1.807, 2.05) is 0 Å². The SMILES string of the molecule is CCCC(C)NCCOc1cccc(F)c1. The highest BCUT2D eigenvalue weighted by molar-refractivity contribution is 5.22. The lowest BCUT2D eigenvalue weighted by Crippen LogP contribution is -2.29. The van der Waals surface area contributed by atoms with Crippen molar-refractivity contribution < 1.29 is 9.13 Å². The van der Waals surface area contributed by atoms with E-state index in [2.05, 4.69) is 19.2 Å². The molecule has 0 bridgehead atoms. The van der Waals surface area contributed by atoms with Crippen molar-refractivity contribution >= 4 is 0 Å². The second-order valence-corrected chi connectivity index (χ2v) is 3.95. The first-order valence-corrected chi connectivity index (χ1v) is 5.84. The monoisotopic (exact) mass is 225 g/mol. The Morgan fingerprint density at radius 3 is 2.94 bits per heavy atom. The maximum Gasteiger partial charge on any atom is 0.126 e. The van der Waals surface area contributed by atoms with Gasteiger partial charge in [0.2, 0.25) is 0 Å². The summed E-state index contributed by atoms with van der Waals surface area (Å²) in [7, 11) is 0. The van der Waals surface area contributed by atoms with Gasteiger partial charge >= 0.3 is 0 Å². The van der Waals surface area contributed by atoms with E-state index in [0.717, 1.165) is 6.54 Å². The highest BCUT2D eigenvalue weighted by atomic mass is 19.1. The summed E-state index contributed by atoms with van der Waals surface area (Å²) >= 11 is 0. The molecule has 1 atom stereocenters. The molecule has 0 aromatic heterocycles. The second kappa shape index (κ2) is 7.23. The number of nitrogens with one attached hydrogen (secondary N) is 1. The third-order valence-corrected chi connectivity index (χ3v) is 2.38. The maximum atomic E-state index is 12.8. The highest BCUT2D eigenvalue weighted by Gasteiger charge is 1.99. The molecule has 0 amide bonds. The third-order valence-electron chi connectivity index (χ3n) is 2.38. The first kappa shape index (κ1) is 13.0. The molecule has 0 aliphatic heterocycles. The Bertz CT molecular complexity index is 304. The van der Waals surface area contributed by atoms with Gasteiger partial charge in [0.1, 0.15) is 18.2 Å². The Kier molecular flexibility index (Phi) is 5.86. The molecular weight excluding hydrogens is 205 g/mol. The quantitative estimate of drug-likeness (QED) is 0.720. The zero-order valence-electron chi connectivity index (χ0n) is 10.0. The van der Waals surface area contributed by atoms with Gasteiger partial charge in [0.05, 0.1) is 0 Å². The lowest BCUT2D eigenvalue weighted by molar-refractivity contribution is 0.303. The molecular formula is C13H20FNO. The average Bonchev–Trinajstić information content (AvgIpc) is 2.25. The van der Waals surface area contributed by atoms with Crippen LogP contribution in [0.4, 0.5) is 4.39 Å². The number of rotatable bonds is 7. The number of benzene rings is 1. The standard InChI is InChI=1S/C13H20FNO/c1-3-5-11(2)15-8-9-16-13-7-4-6-12(14)10-13/h4,6-7,10-11,15H,3,5,8-9H2,1-2H3. The van der Waals surface area contributed by atoms with Gasteiger partial charge in [-0.15, -0.1) is 0 Å². The van der Waals surface area contributed by atoms with Crippen LogP contribution in [0.15, 0.2) is 24.3 Å². The van der Waals surface area contributed by atoms with E-state index in [9.17, 15) is 4.39 Å². The lowest BCUT2D eigenvalue weighted by Gasteiger charge is -2.13. The predicted molar refractivity (Wildman–Crippen MR) is 64.3 cm³/mol. The molecule has 0 aliphatic rings. The molecule has 0 fully saturated rings. The van der Waals surface area contributed by atoms with Crippen LogP contribution in [0.25, 0.3) is 0 Å². The molecule has 3 heteroatoms. The van der Waals surface area contributed by atoms with Crippen molar-refractivity contribution in [1.29, 1.82) is 0 Å². The summed E-state index contributed by atoms with van der Waals surface area (Å²) in [6, 6.07) is 6.74.